The van der Waals surface area contributed by atoms with E-state index in [-0.39, 0.29) is 11.4 Å². The summed E-state index contributed by atoms with van der Waals surface area (Å²) in [5.41, 5.74) is 1.99. The van der Waals surface area contributed by atoms with Crippen LogP contribution in [0.1, 0.15) is 30.0 Å². The van der Waals surface area contributed by atoms with Gasteiger partial charge in [0.15, 0.2) is 5.52 Å². The molecule has 7 nitrogen and oxygen atoms in total. The number of hydrogen-bond acceptors (Lipinski definition) is 5. The van der Waals surface area contributed by atoms with Gasteiger partial charge in [-0.05, 0) is 39.3 Å². The third-order valence-corrected chi connectivity index (χ3v) is 4.04. The zero-order chi connectivity index (χ0) is 17.4. The second kappa shape index (κ2) is 5.92. The van der Waals surface area contributed by atoms with Crippen LogP contribution < -0.4 is 10.9 Å². The second-order valence-corrected chi connectivity index (χ2v) is 5.78. The standard InChI is InChI=1S/C17H18N4O3/c1-9-7-5-6-8-13(9)18-16(22)11(3)21-17(23)15-14(10(2)19-21)12(4)24-20-15/h5-8,11H,1-4H3,(H,18,22)/t11-/m0/s1. The lowest BCUT2D eigenvalue weighted by molar-refractivity contribution is -0.119. The molecule has 0 saturated heterocycles. The maximum absolute atomic E-state index is 12.6. The van der Waals surface area contributed by atoms with Crippen molar-refractivity contribution < 1.29 is 9.32 Å². The highest BCUT2D eigenvalue weighted by molar-refractivity contribution is 5.94. The number of nitrogens with zero attached hydrogens (tertiary/aromatic N) is 3. The fourth-order valence-corrected chi connectivity index (χ4v) is 2.63. The van der Waals surface area contributed by atoms with Crippen LogP contribution in [0.2, 0.25) is 0 Å². The average Bonchev–Trinajstić information content (AvgIpc) is 2.95. The Kier molecular flexibility index (Phi) is 3.92. The number of aryl methyl sites for hydroxylation is 3. The molecule has 1 atom stereocenters. The van der Waals surface area contributed by atoms with Gasteiger partial charge in [-0.15, -0.1) is 0 Å². The van der Waals surface area contributed by atoms with Crippen molar-refractivity contribution in [3.05, 3.63) is 51.6 Å². The number of anilines is 1. The number of carbonyl (C=O) groups excluding carboxylic acids is 1. The topological polar surface area (TPSA) is 90.0 Å². The number of benzene rings is 1. The fourth-order valence-electron chi connectivity index (χ4n) is 2.63. The van der Waals surface area contributed by atoms with E-state index >= 15 is 0 Å². The number of para-hydroxylation sites is 1. The minimum absolute atomic E-state index is 0.190. The van der Waals surface area contributed by atoms with Gasteiger partial charge in [-0.1, -0.05) is 23.4 Å². The molecule has 0 aliphatic rings. The van der Waals surface area contributed by atoms with Crippen LogP contribution in [-0.4, -0.2) is 20.8 Å². The number of amides is 1. The normalized spacial score (nSPS) is 12.3. The molecule has 0 radical (unpaired) electrons. The van der Waals surface area contributed by atoms with Crippen LogP contribution in [-0.2, 0) is 4.79 Å². The summed E-state index contributed by atoms with van der Waals surface area (Å²) in [4.78, 5) is 25.1. The molecular formula is C17H18N4O3. The Bertz CT molecular complexity index is 987. The molecule has 3 aromatic rings. The first-order chi connectivity index (χ1) is 11.4. The lowest BCUT2D eigenvalue weighted by atomic mass is 10.2. The smallest absolute Gasteiger partial charge is 0.297 e. The molecule has 0 bridgehead atoms. The van der Waals surface area contributed by atoms with Crippen molar-refractivity contribution in [1.29, 1.82) is 0 Å². The zero-order valence-electron chi connectivity index (χ0n) is 14.0. The number of rotatable bonds is 3. The van der Waals surface area contributed by atoms with Gasteiger partial charge < -0.3 is 9.84 Å². The zero-order valence-corrected chi connectivity index (χ0v) is 14.0. The number of carbonyl (C=O) groups is 1. The molecule has 124 valence electrons. The Labute approximate surface area is 138 Å². The van der Waals surface area contributed by atoms with Crippen LogP contribution >= 0.6 is 0 Å². The molecular weight excluding hydrogens is 308 g/mol. The maximum atomic E-state index is 12.6. The van der Waals surface area contributed by atoms with Gasteiger partial charge >= 0.3 is 0 Å². The van der Waals surface area contributed by atoms with Gasteiger partial charge in [-0.25, -0.2) is 4.68 Å². The molecule has 0 unspecified atom stereocenters. The van der Waals surface area contributed by atoms with Gasteiger partial charge in [-0.3, -0.25) is 9.59 Å². The van der Waals surface area contributed by atoms with Gasteiger partial charge in [0.05, 0.1) is 11.1 Å². The minimum Gasteiger partial charge on any atom is -0.360 e. The lowest BCUT2D eigenvalue weighted by Crippen LogP contribution is -2.34. The first-order valence-corrected chi connectivity index (χ1v) is 7.62. The Morgan fingerprint density at radius 3 is 2.67 bits per heavy atom. The highest BCUT2D eigenvalue weighted by atomic mass is 16.5. The molecule has 1 aromatic carbocycles. The molecule has 3 rings (SSSR count). The summed E-state index contributed by atoms with van der Waals surface area (Å²) >= 11 is 0. The predicted molar refractivity (Wildman–Crippen MR) is 90.1 cm³/mol. The number of hydrogen-bond donors (Lipinski definition) is 1. The molecule has 1 N–H and O–H groups in total. The molecule has 0 saturated carbocycles. The van der Waals surface area contributed by atoms with Gasteiger partial charge in [0, 0.05) is 5.69 Å². The minimum atomic E-state index is -0.780. The molecule has 1 amide bonds. The Morgan fingerprint density at radius 1 is 1.25 bits per heavy atom. The quantitative estimate of drug-likeness (QED) is 0.798. The summed E-state index contributed by atoms with van der Waals surface area (Å²) in [6.07, 6.45) is 0. The van der Waals surface area contributed by atoms with E-state index in [1.165, 1.54) is 0 Å². The number of aromatic nitrogens is 3. The summed E-state index contributed by atoms with van der Waals surface area (Å²) in [5.74, 6) is 0.217. The highest BCUT2D eigenvalue weighted by Gasteiger charge is 2.22. The molecule has 2 heterocycles. The summed E-state index contributed by atoms with van der Waals surface area (Å²) in [5, 5.41) is 11.5. The average molecular weight is 326 g/mol. The van der Waals surface area contributed by atoms with E-state index in [2.05, 4.69) is 15.6 Å². The lowest BCUT2D eigenvalue weighted by Gasteiger charge is -2.15. The van der Waals surface area contributed by atoms with Crippen LogP contribution in [0, 0.1) is 20.8 Å². The van der Waals surface area contributed by atoms with E-state index < -0.39 is 11.6 Å². The van der Waals surface area contributed by atoms with Crippen molar-refractivity contribution >= 4 is 22.5 Å². The molecule has 0 aliphatic heterocycles. The predicted octanol–water partition coefficient (Wildman–Crippen LogP) is 2.51. The van der Waals surface area contributed by atoms with E-state index in [1.54, 1.807) is 20.8 Å². The number of fused-ring (bicyclic) bond motifs is 1. The Morgan fingerprint density at radius 2 is 1.96 bits per heavy atom. The molecule has 0 aliphatic carbocycles. The second-order valence-electron chi connectivity index (χ2n) is 5.78. The summed E-state index contributed by atoms with van der Waals surface area (Å²) < 4.78 is 6.23. The van der Waals surface area contributed by atoms with Crippen LogP contribution in [0.5, 0.6) is 0 Å². The summed E-state index contributed by atoms with van der Waals surface area (Å²) in [7, 11) is 0. The van der Waals surface area contributed by atoms with Crippen molar-refractivity contribution in [2.24, 2.45) is 0 Å². The molecule has 7 heteroatoms. The van der Waals surface area contributed by atoms with Crippen molar-refractivity contribution in [2.75, 3.05) is 5.32 Å². The summed E-state index contributed by atoms with van der Waals surface area (Å²) in [6, 6.07) is 6.67. The van der Waals surface area contributed by atoms with Gasteiger partial charge in [0.1, 0.15) is 11.8 Å². The molecule has 0 fully saturated rings. The van der Waals surface area contributed by atoms with Gasteiger partial charge in [0.2, 0.25) is 5.91 Å². The SMILES string of the molecule is Cc1ccccc1NC(=O)[C@H](C)n1nc(C)c2c(C)onc2c1=O. The summed E-state index contributed by atoms with van der Waals surface area (Å²) in [6.45, 7) is 7.01. The third kappa shape index (κ3) is 2.58. The Hall–Kier alpha value is -2.96. The molecule has 2 aromatic heterocycles. The fraction of sp³-hybridized carbons (Fsp3) is 0.294. The van der Waals surface area contributed by atoms with Gasteiger partial charge in [-0.2, -0.15) is 5.10 Å². The van der Waals surface area contributed by atoms with Crippen molar-refractivity contribution in [1.82, 2.24) is 14.9 Å². The Balaban J connectivity index is 1.98. The van der Waals surface area contributed by atoms with Crippen molar-refractivity contribution in [3.8, 4) is 0 Å². The van der Waals surface area contributed by atoms with E-state index in [0.717, 1.165) is 10.2 Å². The van der Waals surface area contributed by atoms with Crippen LogP contribution in [0.15, 0.2) is 33.6 Å². The number of nitrogens with one attached hydrogen (secondary N) is 1. The van der Waals surface area contributed by atoms with E-state index in [4.69, 9.17) is 4.52 Å². The van der Waals surface area contributed by atoms with Gasteiger partial charge in [0.25, 0.3) is 5.56 Å². The van der Waals surface area contributed by atoms with Crippen LogP contribution in [0.3, 0.4) is 0 Å². The highest BCUT2D eigenvalue weighted by Crippen LogP contribution is 2.19. The largest absolute Gasteiger partial charge is 0.360 e. The van der Waals surface area contributed by atoms with E-state index in [9.17, 15) is 9.59 Å². The monoisotopic (exact) mass is 326 g/mol. The molecule has 0 spiro atoms. The van der Waals surface area contributed by atoms with Crippen LogP contribution in [0.4, 0.5) is 5.69 Å². The van der Waals surface area contributed by atoms with Crippen molar-refractivity contribution in [2.45, 2.75) is 33.7 Å². The first-order valence-electron chi connectivity index (χ1n) is 7.62. The third-order valence-electron chi connectivity index (χ3n) is 4.04. The van der Waals surface area contributed by atoms with Crippen molar-refractivity contribution in [3.63, 3.8) is 0 Å². The molecule has 24 heavy (non-hydrogen) atoms. The van der Waals surface area contributed by atoms with E-state index in [0.29, 0.717) is 22.5 Å². The maximum Gasteiger partial charge on any atom is 0.297 e. The first kappa shape index (κ1) is 15.9. The van der Waals surface area contributed by atoms with E-state index in [1.807, 2.05) is 31.2 Å². The van der Waals surface area contributed by atoms with Crippen LogP contribution in [0.25, 0.3) is 10.9 Å².